The number of aliphatic hydroxyl groups excluding tert-OH is 1. The Balaban J connectivity index is 1.42. The molecular formula is C38H42N2O7. The predicted octanol–water partition coefficient (Wildman–Crippen LogP) is 6.48. The van der Waals surface area contributed by atoms with E-state index in [1.807, 2.05) is 30.3 Å². The van der Waals surface area contributed by atoms with Crippen LogP contribution in [0.15, 0.2) is 60.7 Å². The molecule has 0 saturated carbocycles. The predicted molar refractivity (Wildman–Crippen MR) is 179 cm³/mol. The van der Waals surface area contributed by atoms with Crippen molar-refractivity contribution in [3.8, 4) is 46.0 Å². The van der Waals surface area contributed by atoms with Crippen molar-refractivity contribution in [1.29, 1.82) is 0 Å². The van der Waals surface area contributed by atoms with Gasteiger partial charge in [0.1, 0.15) is 11.5 Å². The molecule has 4 aromatic carbocycles. The Bertz CT molecular complexity index is 1760. The maximum atomic E-state index is 10.5. The van der Waals surface area contributed by atoms with Crippen LogP contribution >= 0.6 is 0 Å². The molecule has 6 aliphatic rings. The molecule has 0 fully saturated rings. The molecule has 4 aromatic rings. The minimum Gasteiger partial charge on any atom is -0.493 e. The largest absolute Gasteiger partial charge is 0.493 e. The number of hydrogen-bond donors (Lipinski definition) is 1. The Morgan fingerprint density at radius 1 is 0.660 bits per heavy atom. The topological polar surface area (TPSA) is 82.1 Å². The molecular weight excluding hydrogens is 596 g/mol. The van der Waals surface area contributed by atoms with Crippen molar-refractivity contribution >= 4 is 0 Å². The molecule has 9 heteroatoms. The highest BCUT2D eigenvalue weighted by molar-refractivity contribution is 5.64. The van der Waals surface area contributed by atoms with Gasteiger partial charge in [-0.25, -0.2) is 0 Å². The minimum absolute atomic E-state index is 0.0502. The van der Waals surface area contributed by atoms with E-state index >= 15 is 0 Å². The standard InChI is InChI=1S/C38H42N2O7/c1-39-16-14-25-20-31(42-2)35(44-4)37-33(25)29(39)18-23-6-10-28(11-7-23)47-38-34-26(21-32(43-3)36(38)45-5)15-17-40(22-41)30(34)19-24-8-12-27(46-37)13-9-24/h6-13,20-21,29-30,41H,14-19,22H2,1-5H3. The first-order valence-corrected chi connectivity index (χ1v) is 16.1. The van der Waals surface area contributed by atoms with Crippen LogP contribution in [0.4, 0.5) is 0 Å². The van der Waals surface area contributed by atoms with Crippen LogP contribution in [0.25, 0.3) is 0 Å². The molecule has 0 spiro atoms. The third-order valence-electron chi connectivity index (χ3n) is 9.87. The lowest BCUT2D eigenvalue weighted by atomic mass is 9.87. The fourth-order valence-corrected chi connectivity index (χ4v) is 7.40. The molecule has 0 radical (unpaired) electrons. The van der Waals surface area contributed by atoms with Gasteiger partial charge in [-0.1, -0.05) is 24.3 Å². The average molecular weight is 639 g/mol. The van der Waals surface area contributed by atoms with Crippen LogP contribution < -0.4 is 28.4 Å². The number of benzene rings is 4. The summed E-state index contributed by atoms with van der Waals surface area (Å²) in [6, 6.07) is 20.5. The first-order valence-electron chi connectivity index (χ1n) is 16.1. The smallest absolute Gasteiger partial charge is 0.204 e. The van der Waals surface area contributed by atoms with Gasteiger partial charge >= 0.3 is 0 Å². The number of rotatable bonds is 5. The van der Waals surface area contributed by atoms with Gasteiger partial charge in [-0.05, 0) is 91.4 Å². The van der Waals surface area contributed by atoms with E-state index in [9.17, 15) is 5.11 Å². The molecule has 4 bridgehead atoms. The fourth-order valence-electron chi connectivity index (χ4n) is 7.40. The molecule has 246 valence electrons. The summed E-state index contributed by atoms with van der Waals surface area (Å²) in [5.41, 5.74) is 6.68. The van der Waals surface area contributed by atoms with Crippen molar-refractivity contribution < 1.29 is 33.5 Å². The molecule has 1 N–H and O–H groups in total. The first kappa shape index (κ1) is 31.2. The Kier molecular flexibility index (Phi) is 8.61. The van der Waals surface area contributed by atoms with Crippen molar-refractivity contribution in [2.75, 3.05) is 55.3 Å². The molecule has 0 amide bonds. The third-order valence-corrected chi connectivity index (χ3v) is 9.87. The van der Waals surface area contributed by atoms with E-state index in [4.69, 9.17) is 28.4 Å². The number of nitrogens with zero attached hydrogens (tertiary/aromatic N) is 2. The Morgan fingerprint density at radius 2 is 1.13 bits per heavy atom. The fraction of sp³-hybridized carbons (Fsp3) is 0.368. The number of aliphatic hydroxyl groups is 1. The van der Waals surface area contributed by atoms with Crippen LogP contribution in [0, 0.1) is 0 Å². The van der Waals surface area contributed by atoms with Crippen molar-refractivity contribution in [3.05, 3.63) is 94.0 Å². The van der Waals surface area contributed by atoms with E-state index in [1.54, 1.807) is 28.4 Å². The zero-order valence-corrected chi connectivity index (χ0v) is 27.7. The van der Waals surface area contributed by atoms with Gasteiger partial charge in [0.15, 0.2) is 23.0 Å². The van der Waals surface area contributed by atoms with E-state index in [0.717, 1.165) is 53.6 Å². The highest BCUT2D eigenvalue weighted by atomic mass is 16.5. The monoisotopic (exact) mass is 638 g/mol. The zero-order valence-electron chi connectivity index (χ0n) is 27.7. The van der Waals surface area contributed by atoms with Crippen molar-refractivity contribution in [3.63, 3.8) is 0 Å². The van der Waals surface area contributed by atoms with Crippen LogP contribution in [0.1, 0.15) is 45.5 Å². The summed E-state index contributed by atoms with van der Waals surface area (Å²) in [6.45, 7) is 1.54. The van der Waals surface area contributed by atoms with Gasteiger partial charge in [-0.15, -0.1) is 0 Å². The zero-order chi connectivity index (χ0) is 32.7. The quantitative estimate of drug-likeness (QED) is 0.264. The van der Waals surface area contributed by atoms with Crippen molar-refractivity contribution in [1.82, 2.24) is 9.80 Å². The van der Waals surface area contributed by atoms with Gasteiger partial charge in [0.25, 0.3) is 0 Å². The summed E-state index contributed by atoms with van der Waals surface area (Å²) < 4.78 is 36.9. The maximum absolute atomic E-state index is 10.5. The van der Waals surface area contributed by atoms with E-state index in [1.165, 1.54) is 5.56 Å². The molecule has 9 nitrogen and oxygen atoms in total. The van der Waals surface area contributed by atoms with Gasteiger partial charge in [-0.3, -0.25) is 9.80 Å². The summed E-state index contributed by atoms with van der Waals surface area (Å²) >= 11 is 0. The maximum Gasteiger partial charge on any atom is 0.204 e. The minimum atomic E-state index is -0.162. The Morgan fingerprint density at radius 3 is 1.60 bits per heavy atom. The molecule has 0 aliphatic carbocycles. The van der Waals surface area contributed by atoms with Crippen LogP contribution in [0.3, 0.4) is 0 Å². The SMILES string of the molecule is COc1cc2c3c(c1OC)Oc1ccc(cc1)CC1c4c(cc(OC)c(OC)c4Oc4ccc(cc4)CC3N(C)CC2)CCN1CO. The normalized spacial score (nSPS) is 19.0. The lowest BCUT2D eigenvalue weighted by Gasteiger charge is -2.38. The lowest BCUT2D eigenvalue weighted by molar-refractivity contribution is 0.0594. The molecule has 2 atom stereocenters. The van der Waals surface area contributed by atoms with E-state index < -0.39 is 0 Å². The summed E-state index contributed by atoms with van der Waals surface area (Å²) in [6.07, 6.45) is 3.03. The van der Waals surface area contributed by atoms with Crippen LogP contribution in [0.2, 0.25) is 0 Å². The molecule has 6 heterocycles. The lowest BCUT2D eigenvalue weighted by Crippen LogP contribution is -2.37. The highest BCUT2D eigenvalue weighted by Gasteiger charge is 2.35. The molecule has 0 aromatic heterocycles. The number of hydrogen-bond acceptors (Lipinski definition) is 9. The molecule has 10 rings (SSSR count). The molecule has 6 aliphatic heterocycles. The number of methoxy groups -OCH3 is 4. The summed E-state index contributed by atoms with van der Waals surface area (Å²) in [7, 11) is 8.77. The Labute approximate surface area is 276 Å². The first-order chi connectivity index (χ1) is 23.0. The van der Waals surface area contributed by atoms with Crippen LogP contribution in [0.5, 0.6) is 46.0 Å². The van der Waals surface area contributed by atoms with E-state index in [0.29, 0.717) is 59.0 Å². The van der Waals surface area contributed by atoms with E-state index in [-0.39, 0.29) is 18.8 Å². The Hall–Kier alpha value is -4.44. The van der Waals surface area contributed by atoms with Gasteiger partial charge in [0.2, 0.25) is 11.5 Å². The van der Waals surface area contributed by atoms with Gasteiger partial charge in [-0.2, -0.15) is 0 Å². The van der Waals surface area contributed by atoms with Gasteiger partial charge < -0.3 is 33.5 Å². The summed E-state index contributed by atoms with van der Waals surface area (Å²) in [5.74, 6) is 5.11. The second kappa shape index (κ2) is 13.0. The van der Waals surface area contributed by atoms with Crippen molar-refractivity contribution in [2.24, 2.45) is 0 Å². The summed E-state index contributed by atoms with van der Waals surface area (Å²) in [5, 5.41) is 10.5. The van der Waals surface area contributed by atoms with Crippen LogP contribution in [-0.2, 0) is 25.7 Å². The van der Waals surface area contributed by atoms with Crippen LogP contribution in [-0.4, -0.2) is 70.2 Å². The third kappa shape index (κ3) is 5.62. The molecule has 47 heavy (non-hydrogen) atoms. The number of likely N-dealkylation sites (N-methyl/N-ethyl adjacent to an activating group) is 1. The summed E-state index contributed by atoms with van der Waals surface area (Å²) in [4.78, 5) is 4.46. The van der Waals surface area contributed by atoms with E-state index in [2.05, 4.69) is 47.2 Å². The van der Waals surface area contributed by atoms with Crippen molar-refractivity contribution in [2.45, 2.75) is 37.8 Å². The second-order valence-electron chi connectivity index (χ2n) is 12.4. The number of ether oxygens (including phenoxy) is 6. The molecule has 2 unspecified atom stereocenters. The molecule has 0 saturated heterocycles. The highest BCUT2D eigenvalue weighted by Crippen LogP contribution is 2.52. The van der Waals surface area contributed by atoms with Gasteiger partial charge in [0.05, 0.1) is 35.2 Å². The average Bonchev–Trinajstić information content (AvgIpc) is 3.10. The van der Waals surface area contributed by atoms with Gasteiger partial charge in [0, 0.05) is 36.3 Å². The second-order valence-corrected chi connectivity index (χ2v) is 12.4.